The van der Waals surface area contributed by atoms with Crippen molar-refractivity contribution in [1.29, 1.82) is 0 Å². The lowest BCUT2D eigenvalue weighted by molar-refractivity contribution is -0.129. The van der Waals surface area contributed by atoms with Crippen molar-refractivity contribution in [3.05, 3.63) is 83.9 Å². The Bertz CT molecular complexity index is 1520. The van der Waals surface area contributed by atoms with Gasteiger partial charge in [-0.1, -0.05) is 42.5 Å². The van der Waals surface area contributed by atoms with Gasteiger partial charge >= 0.3 is 0 Å². The number of aryl methyl sites for hydroxylation is 1. The fourth-order valence-electron chi connectivity index (χ4n) is 5.48. The minimum atomic E-state index is -3.71. The van der Waals surface area contributed by atoms with E-state index < -0.39 is 16.1 Å². The quantitative estimate of drug-likeness (QED) is 0.404. The number of rotatable bonds is 9. The Hall–Kier alpha value is -3.89. The van der Waals surface area contributed by atoms with Gasteiger partial charge in [-0.15, -0.1) is 0 Å². The van der Waals surface area contributed by atoms with Gasteiger partial charge in [0.15, 0.2) is 6.10 Å². The molecule has 1 fully saturated rings. The van der Waals surface area contributed by atoms with Gasteiger partial charge < -0.3 is 19.7 Å². The molecule has 0 saturated carbocycles. The Morgan fingerprint density at radius 3 is 2.43 bits per heavy atom. The second-order valence-corrected chi connectivity index (χ2v) is 12.5. The Morgan fingerprint density at radius 2 is 1.71 bits per heavy atom. The van der Waals surface area contributed by atoms with Gasteiger partial charge in [-0.05, 0) is 74.6 Å². The zero-order chi connectivity index (χ0) is 29.7. The van der Waals surface area contributed by atoms with Crippen LogP contribution in [0.3, 0.4) is 0 Å². The first-order chi connectivity index (χ1) is 20.3. The Kier molecular flexibility index (Phi) is 9.13. The third-order valence-corrected chi connectivity index (χ3v) is 9.67. The number of hydrogen-bond donors (Lipinski definition) is 1. The molecule has 0 bridgehead atoms. The van der Waals surface area contributed by atoms with E-state index in [9.17, 15) is 18.0 Å². The molecule has 2 aliphatic rings. The van der Waals surface area contributed by atoms with Crippen LogP contribution in [0.2, 0.25) is 0 Å². The minimum Gasteiger partial charge on any atom is -0.494 e. The third kappa shape index (κ3) is 6.44. The minimum absolute atomic E-state index is 0.0942. The molecule has 10 heteroatoms. The number of hydrogen-bond acceptors (Lipinski definition) is 6. The molecule has 3 aromatic carbocycles. The van der Waals surface area contributed by atoms with Crippen LogP contribution < -0.4 is 19.7 Å². The number of nitrogens with one attached hydrogen (secondary N) is 1. The number of anilines is 1. The standard InChI is InChI=1S/C32H37N3O6S/c1-3-40-28-14-13-26(21-23(28)2)42(38,39)34-19-16-25(17-20-34)32(37)35-22-30(41-29-12-8-7-11-27(29)35)31(36)33-18-15-24-9-5-4-6-10-24/h4-14,21,25,30H,3,15-20,22H2,1-2H3,(H,33,36)/t30-/m0/s1. The number of benzene rings is 3. The van der Waals surface area contributed by atoms with Gasteiger partial charge in [-0.25, -0.2) is 8.42 Å². The van der Waals surface area contributed by atoms with E-state index in [1.54, 1.807) is 29.2 Å². The molecule has 222 valence electrons. The van der Waals surface area contributed by atoms with E-state index in [1.807, 2.05) is 62.4 Å². The molecule has 0 unspecified atom stereocenters. The molecule has 3 aromatic rings. The van der Waals surface area contributed by atoms with Crippen LogP contribution in [0.4, 0.5) is 5.69 Å². The fourth-order valence-corrected chi connectivity index (χ4v) is 7.04. The molecule has 0 radical (unpaired) electrons. The van der Waals surface area contributed by atoms with Crippen molar-refractivity contribution < 1.29 is 27.5 Å². The molecule has 1 saturated heterocycles. The summed E-state index contributed by atoms with van der Waals surface area (Å²) in [6.45, 7) is 5.23. The molecule has 0 aliphatic carbocycles. The molecule has 5 rings (SSSR count). The molecular formula is C32H37N3O6S. The first-order valence-corrected chi connectivity index (χ1v) is 15.8. The van der Waals surface area contributed by atoms with E-state index in [2.05, 4.69) is 5.32 Å². The largest absolute Gasteiger partial charge is 0.494 e. The topological polar surface area (TPSA) is 105 Å². The van der Waals surface area contributed by atoms with E-state index in [0.29, 0.717) is 49.6 Å². The maximum atomic E-state index is 13.8. The normalized spacial score (nSPS) is 17.7. The molecule has 2 aliphatic heterocycles. The molecule has 42 heavy (non-hydrogen) atoms. The van der Waals surface area contributed by atoms with E-state index in [1.165, 1.54) is 4.31 Å². The van der Waals surface area contributed by atoms with E-state index >= 15 is 0 Å². The van der Waals surface area contributed by atoms with Crippen molar-refractivity contribution in [3.63, 3.8) is 0 Å². The molecular weight excluding hydrogens is 554 g/mol. The van der Waals surface area contributed by atoms with Crippen LogP contribution in [-0.2, 0) is 26.0 Å². The molecule has 1 N–H and O–H groups in total. The van der Waals surface area contributed by atoms with Gasteiger partial charge in [0.05, 0.1) is 23.7 Å². The average Bonchev–Trinajstić information content (AvgIpc) is 3.01. The van der Waals surface area contributed by atoms with Crippen LogP contribution in [0.5, 0.6) is 11.5 Å². The van der Waals surface area contributed by atoms with Crippen LogP contribution in [0.25, 0.3) is 0 Å². The summed E-state index contributed by atoms with van der Waals surface area (Å²) in [6, 6.07) is 22.0. The Labute approximate surface area is 247 Å². The predicted octanol–water partition coefficient (Wildman–Crippen LogP) is 3.95. The van der Waals surface area contributed by atoms with Gasteiger partial charge in [-0.3, -0.25) is 9.59 Å². The van der Waals surface area contributed by atoms with Crippen molar-refractivity contribution in [2.75, 3.05) is 37.7 Å². The lowest BCUT2D eigenvalue weighted by atomic mass is 9.95. The monoisotopic (exact) mass is 591 g/mol. The second kappa shape index (κ2) is 13.0. The summed E-state index contributed by atoms with van der Waals surface area (Å²) in [5, 5.41) is 2.94. The number of sulfonamides is 1. The predicted molar refractivity (Wildman–Crippen MR) is 160 cm³/mol. The molecule has 1 atom stereocenters. The number of fused-ring (bicyclic) bond motifs is 1. The van der Waals surface area contributed by atoms with Gasteiger partial charge in [0.2, 0.25) is 15.9 Å². The highest BCUT2D eigenvalue weighted by Crippen LogP contribution is 2.36. The number of nitrogens with zero attached hydrogens (tertiary/aromatic N) is 2. The number of ether oxygens (including phenoxy) is 2. The molecule has 0 aromatic heterocycles. The number of piperidine rings is 1. The van der Waals surface area contributed by atoms with E-state index in [-0.39, 0.29) is 42.3 Å². The molecule has 0 spiro atoms. The highest BCUT2D eigenvalue weighted by atomic mass is 32.2. The highest BCUT2D eigenvalue weighted by Gasteiger charge is 2.39. The number of para-hydroxylation sites is 2. The first kappa shape index (κ1) is 29.6. The third-order valence-electron chi connectivity index (χ3n) is 7.78. The zero-order valence-electron chi connectivity index (χ0n) is 24.0. The summed E-state index contributed by atoms with van der Waals surface area (Å²) in [7, 11) is -3.71. The van der Waals surface area contributed by atoms with Crippen molar-refractivity contribution in [2.45, 2.75) is 44.1 Å². The first-order valence-electron chi connectivity index (χ1n) is 14.4. The number of carbonyl (C=O) groups excluding carboxylic acids is 2. The van der Waals surface area contributed by atoms with Crippen molar-refractivity contribution >= 4 is 27.5 Å². The van der Waals surface area contributed by atoms with E-state index in [4.69, 9.17) is 9.47 Å². The van der Waals surface area contributed by atoms with Crippen LogP contribution in [-0.4, -0.2) is 63.4 Å². The van der Waals surface area contributed by atoms with Crippen molar-refractivity contribution in [2.24, 2.45) is 5.92 Å². The summed E-state index contributed by atoms with van der Waals surface area (Å²) in [5.41, 5.74) is 2.50. The number of carbonyl (C=O) groups is 2. The SMILES string of the molecule is CCOc1ccc(S(=O)(=O)N2CCC(C(=O)N3C[C@@H](C(=O)NCCc4ccccc4)Oc4ccccc43)CC2)cc1C. The summed E-state index contributed by atoms with van der Waals surface area (Å²) in [6.07, 6.45) is 0.627. The zero-order valence-corrected chi connectivity index (χ0v) is 24.8. The smallest absolute Gasteiger partial charge is 0.262 e. The molecule has 9 nitrogen and oxygen atoms in total. The number of amides is 2. The summed E-state index contributed by atoms with van der Waals surface area (Å²) < 4.78 is 39.7. The lowest BCUT2D eigenvalue weighted by Gasteiger charge is -2.38. The Balaban J connectivity index is 1.23. The maximum Gasteiger partial charge on any atom is 0.262 e. The molecule has 2 amide bonds. The van der Waals surface area contributed by atoms with Gasteiger partial charge in [-0.2, -0.15) is 4.31 Å². The Morgan fingerprint density at radius 1 is 1.00 bits per heavy atom. The van der Waals surface area contributed by atoms with Crippen LogP contribution in [0.15, 0.2) is 77.7 Å². The van der Waals surface area contributed by atoms with Crippen LogP contribution in [0.1, 0.15) is 30.9 Å². The maximum absolute atomic E-state index is 13.8. The van der Waals surface area contributed by atoms with Crippen molar-refractivity contribution in [3.8, 4) is 11.5 Å². The van der Waals surface area contributed by atoms with Crippen LogP contribution >= 0.6 is 0 Å². The second-order valence-electron chi connectivity index (χ2n) is 10.6. The van der Waals surface area contributed by atoms with E-state index in [0.717, 1.165) is 11.1 Å². The van der Waals surface area contributed by atoms with Gasteiger partial charge in [0.25, 0.3) is 5.91 Å². The van der Waals surface area contributed by atoms with Gasteiger partial charge in [0, 0.05) is 25.6 Å². The molecule has 2 heterocycles. The highest BCUT2D eigenvalue weighted by molar-refractivity contribution is 7.89. The van der Waals surface area contributed by atoms with Crippen molar-refractivity contribution in [1.82, 2.24) is 9.62 Å². The summed E-state index contributed by atoms with van der Waals surface area (Å²) in [5.74, 6) is 0.374. The average molecular weight is 592 g/mol. The fraction of sp³-hybridized carbons (Fsp3) is 0.375. The lowest BCUT2D eigenvalue weighted by Crippen LogP contribution is -2.53. The summed E-state index contributed by atoms with van der Waals surface area (Å²) >= 11 is 0. The van der Waals surface area contributed by atoms with Crippen LogP contribution in [0, 0.1) is 12.8 Å². The summed E-state index contributed by atoms with van der Waals surface area (Å²) in [4.78, 5) is 28.7. The van der Waals surface area contributed by atoms with Gasteiger partial charge in [0.1, 0.15) is 11.5 Å².